The summed E-state index contributed by atoms with van der Waals surface area (Å²) in [7, 11) is 0. The van der Waals surface area contributed by atoms with Crippen LogP contribution in [0.2, 0.25) is 5.02 Å². The monoisotopic (exact) mass is 286 g/mol. The molecule has 1 aromatic rings. The molecule has 19 heavy (non-hydrogen) atoms. The average Bonchev–Trinajstić information content (AvgIpc) is 2.42. The van der Waals surface area contributed by atoms with E-state index in [1.807, 2.05) is 0 Å². The summed E-state index contributed by atoms with van der Waals surface area (Å²) >= 11 is 5.96. The van der Waals surface area contributed by atoms with E-state index >= 15 is 0 Å². The second-order valence-electron chi connectivity index (χ2n) is 4.72. The highest BCUT2D eigenvalue weighted by molar-refractivity contribution is 6.31. The van der Waals surface area contributed by atoms with E-state index in [-0.39, 0.29) is 5.82 Å². The normalized spacial score (nSPS) is 16.7. The predicted octanol–water partition coefficient (Wildman–Crippen LogP) is 2.29. The molecule has 0 aliphatic carbocycles. The molecule has 0 bridgehead atoms. The van der Waals surface area contributed by atoms with Gasteiger partial charge in [-0.25, -0.2) is 4.39 Å². The number of hydrogen-bond acceptors (Lipinski definition) is 3. The molecule has 0 atom stereocenters. The number of halogens is 2. The molecule has 1 aliphatic rings. The van der Waals surface area contributed by atoms with Crippen LogP contribution in [0.5, 0.6) is 0 Å². The van der Waals surface area contributed by atoms with Gasteiger partial charge >= 0.3 is 0 Å². The van der Waals surface area contributed by atoms with Gasteiger partial charge in [0.05, 0.1) is 13.2 Å². The minimum absolute atomic E-state index is 0.291. The zero-order valence-corrected chi connectivity index (χ0v) is 11.8. The standard InChI is InChI=1S/C14H20ClFN2O/c15-14-10-13(16)3-2-12(14)11-17-4-1-5-18-6-8-19-9-7-18/h2-3,10,17H,1,4-9,11H2. The Morgan fingerprint density at radius 1 is 1.32 bits per heavy atom. The highest BCUT2D eigenvalue weighted by atomic mass is 35.5. The van der Waals surface area contributed by atoms with Gasteiger partial charge in [-0.2, -0.15) is 0 Å². The van der Waals surface area contributed by atoms with Crippen LogP contribution in [0.1, 0.15) is 12.0 Å². The Bertz CT molecular complexity index is 397. The van der Waals surface area contributed by atoms with Gasteiger partial charge in [-0.15, -0.1) is 0 Å². The van der Waals surface area contributed by atoms with Crippen molar-refractivity contribution < 1.29 is 9.13 Å². The van der Waals surface area contributed by atoms with E-state index in [4.69, 9.17) is 16.3 Å². The summed E-state index contributed by atoms with van der Waals surface area (Å²) in [6.45, 7) is 6.46. The maximum atomic E-state index is 12.9. The molecule has 0 spiro atoms. The second kappa shape index (κ2) is 7.80. The van der Waals surface area contributed by atoms with E-state index in [1.165, 1.54) is 12.1 Å². The van der Waals surface area contributed by atoms with Gasteiger partial charge in [-0.3, -0.25) is 4.90 Å². The van der Waals surface area contributed by atoms with Crippen molar-refractivity contribution in [3.63, 3.8) is 0 Å². The van der Waals surface area contributed by atoms with Crippen molar-refractivity contribution in [2.24, 2.45) is 0 Å². The highest BCUT2D eigenvalue weighted by Crippen LogP contribution is 2.16. The largest absolute Gasteiger partial charge is 0.379 e. The lowest BCUT2D eigenvalue weighted by Crippen LogP contribution is -2.37. The quantitative estimate of drug-likeness (QED) is 0.812. The molecule has 1 fully saturated rings. The second-order valence-corrected chi connectivity index (χ2v) is 5.13. The Morgan fingerprint density at radius 2 is 2.11 bits per heavy atom. The van der Waals surface area contributed by atoms with Gasteiger partial charge < -0.3 is 10.1 Å². The number of hydrogen-bond donors (Lipinski definition) is 1. The topological polar surface area (TPSA) is 24.5 Å². The first-order valence-corrected chi connectivity index (χ1v) is 7.08. The van der Waals surface area contributed by atoms with Crippen molar-refractivity contribution in [2.75, 3.05) is 39.4 Å². The van der Waals surface area contributed by atoms with E-state index in [0.29, 0.717) is 11.6 Å². The summed E-state index contributed by atoms with van der Waals surface area (Å²) in [5, 5.41) is 3.82. The van der Waals surface area contributed by atoms with E-state index in [9.17, 15) is 4.39 Å². The van der Waals surface area contributed by atoms with E-state index in [1.54, 1.807) is 6.07 Å². The lowest BCUT2D eigenvalue weighted by Gasteiger charge is -2.26. The minimum Gasteiger partial charge on any atom is -0.379 e. The smallest absolute Gasteiger partial charge is 0.124 e. The fourth-order valence-corrected chi connectivity index (χ4v) is 2.37. The Labute approximate surface area is 118 Å². The van der Waals surface area contributed by atoms with Crippen LogP contribution >= 0.6 is 11.6 Å². The third-order valence-electron chi connectivity index (χ3n) is 3.26. The van der Waals surface area contributed by atoms with Gasteiger partial charge in [0.2, 0.25) is 0 Å². The van der Waals surface area contributed by atoms with Crippen LogP contribution in [0.15, 0.2) is 18.2 Å². The summed E-state index contributed by atoms with van der Waals surface area (Å²) in [4.78, 5) is 2.41. The molecule has 106 valence electrons. The number of benzene rings is 1. The van der Waals surface area contributed by atoms with Crippen LogP contribution in [-0.2, 0) is 11.3 Å². The van der Waals surface area contributed by atoms with Gasteiger partial charge in [-0.05, 0) is 37.2 Å². The van der Waals surface area contributed by atoms with Crippen LogP contribution in [0.4, 0.5) is 4.39 Å². The first kappa shape index (κ1) is 14.7. The molecule has 0 saturated carbocycles. The highest BCUT2D eigenvalue weighted by Gasteiger charge is 2.09. The number of nitrogens with zero attached hydrogens (tertiary/aromatic N) is 1. The molecule has 1 N–H and O–H groups in total. The van der Waals surface area contributed by atoms with E-state index in [2.05, 4.69) is 10.2 Å². The van der Waals surface area contributed by atoms with E-state index in [0.717, 1.165) is 51.4 Å². The fraction of sp³-hybridized carbons (Fsp3) is 0.571. The summed E-state index contributed by atoms with van der Waals surface area (Å²) in [6.07, 6.45) is 1.10. The maximum Gasteiger partial charge on any atom is 0.124 e. The third-order valence-corrected chi connectivity index (χ3v) is 3.61. The first-order chi connectivity index (χ1) is 9.25. The minimum atomic E-state index is -0.291. The summed E-state index contributed by atoms with van der Waals surface area (Å²) in [5.41, 5.74) is 0.939. The van der Waals surface area contributed by atoms with Crippen molar-refractivity contribution in [1.29, 1.82) is 0 Å². The number of morpholine rings is 1. The molecule has 1 aliphatic heterocycles. The van der Waals surface area contributed by atoms with Crippen LogP contribution in [0.25, 0.3) is 0 Å². The van der Waals surface area contributed by atoms with Crippen LogP contribution < -0.4 is 5.32 Å². The zero-order chi connectivity index (χ0) is 13.5. The summed E-state index contributed by atoms with van der Waals surface area (Å²) < 4.78 is 18.2. The van der Waals surface area contributed by atoms with Crippen molar-refractivity contribution in [3.05, 3.63) is 34.6 Å². The molecule has 0 unspecified atom stereocenters. The van der Waals surface area contributed by atoms with Gasteiger partial charge in [0.25, 0.3) is 0 Å². The SMILES string of the molecule is Fc1ccc(CNCCCN2CCOCC2)c(Cl)c1. The number of ether oxygens (including phenoxy) is 1. The van der Waals surface area contributed by atoms with Crippen molar-refractivity contribution in [1.82, 2.24) is 10.2 Å². The molecule has 1 heterocycles. The Morgan fingerprint density at radius 3 is 2.84 bits per heavy atom. The van der Waals surface area contributed by atoms with Crippen LogP contribution in [0.3, 0.4) is 0 Å². The van der Waals surface area contributed by atoms with Gasteiger partial charge in [0.15, 0.2) is 0 Å². The molecular formula is C14H20ClFN2O. The number of rotatable bonds is 6. The molecule has 0 aromatic heterocycles. The lowest BCUT2D eigenvalue weighted by molar-refractivity contribution is 0.0374. The summed E-state index contributed by atoms with van der Waals surface area (Å²) in [6, 6.07) is 4.52. The van der Waals surface area contributed by atoms with Crippen LogP contribution in [-0.4, -0.2) is 44.3 Å². The third kappa shape index (κ3) is 5.07. The average molecular weight is 287 g/mol. The molecule has 3 nitrogen and oxygen atoms in total. The van der Waals surface area contributed by atoms with Crippen LogP contribution in [0, 0.1) is 5.82 Å². The van der Waals surface area contributed by atoms with Gasteiger partial charge in [-0.1, -0.05) is 17.7 Å². The predicted molar refractivity (Wildman–Crippen MR) is 75.0 cm³/mol. The van der Waals surface area contributed by atoms with E-state index < -0.39 is 0 Å². The molecule has 0 radical (unpaired) electrons. The molecule has 1 saturated heterocycles. The zero-order valence-electron chi connectivity index (χ0n) is 11.0. The number of nitrogens with one attached hydrogen (secondary N) is 1. The molecule has 2 rings (SSSR count). The Kier molecular flexibility index (Phi) is 6.04. The van der Waals surface area contributed by atoms with Crippen molar-refractivity contribution in [2.45, 2.75) is 13.0 Å². The fourth-order valence-electron chi connectivity index (χ4n) is 2.14. The van der Waals surface area contributed by atoms with Crippen molar-refractivity contribution >= 4 is 11.6 Å². The Hall–Kier alpha value is -0.680. The molecule has 5 heteroatoms. The Balaban J connectivity index is 1.61. The van der Waals surface area contributed by atoms with Gasteiger partial charge in [0, 0.05) is 24.7 Å². The molecule has 1 aromatic carbocycles. The maximum absolute atomic E-state index is 12.9. The summed E-state index contributed by atoms with van der Waals surface area (Å²) in [5.74, 6) is -0.291. The van der Waals surface area contributed by atoms with Crippen molar-refractivity contribution in [3.8, 4) is 0 Å². The van der Waals surface area contributed by atoms with Gasteiger partial charge in [0.1, 0.15) is 5.82 Å². The molecular weight excluding hydrogens is 267 g/mol. The first-order valence-electron chi connectivity index (χ1n) is 6.70. The lowest BCUT2D eigenvalue weighted by atomic mass is 10.2. The molecule has 0 amide bonds.